The zero-order valence-electron chi connectivity index (χ0n) is 9.76. The maximum absolute atomic E-state index is 12.0. The van der Waals surface area contributed by atoms with Crippen molar-refractivity contribution in [1.29, 1.82) is 0 Å². The minimum Gasteiger partial charge on any atom is -0.469 e. The Labute approximate surface area is 107 Å². The molecule has 2 aliphatic carbocycles. The fourth-order valence-electron chi connectivity index (χ4n) is 3.72. The number of alkyl halides is 2. The number of esters is 1. The quantitative estimate of drug-likeness (QED) is 0.537. The second-order valence-electron chi connectivity index (χ2n) is 5.67. The molecule has 0 radical (unpaired) electrons. The van der Waals surface area contributed by atoms with Crippen molar-refractivity contribution in [1.82, 2.24) is 0 Å². The van der Waals surface area contributed by atoms with Crippen LogP contribution in [0.25, 0.3) is 0 Å². The number of halogens is 2. The molecular formula is C12H18Cl2O2. The lowest BCUT2D eigenvalue weighted by Gasteiger charge is -2.50. The average molecular weight is 265 g/mol. The summed E-state index contributed by atoms with van der Waals surface area (Å²) in [6.45, 7) is 2.02. The lowest BCUT2D eigenvalue weighted by atomic mass is 9.59. The Morgan fingerprint density at radius 2 is 2.06 bits per heavy atom. The van der Waals surface area contributed by atoms with Gasteiger partial charge in [0.1, 0.15) is 0 Å². The minimum absolute atomic E-state index is 0.0885. The summed E-state index contributed by atoms with van der Waals surface area (Å²) in [5.74, 6) is 0.334. The molecule has 4 atom stereocenters. The molecule has 0 amide bonds. The highest BCUT2D eigenvalue weighted by Crippen LogP contribution is 2.55. The third-order valence-electron chi connectivity index (χ3n) is 3.92. The molecule has 0 N–H and O–H groups in total. The summed E-state index contributed by atoms with van der Waals surface area (Å²) in [7, 11) is 1.45. The van der Waals surface area contributed by atoms with E-state index < -0.39 is 5.41 Å². The maximum Gasteiger partial charge on any atom is 0.311 e. The molecule has 2 aliphatic rings. The van der Waals surface area contributed by atoms with Crippen LogP contribution in [0.3, 0.4) is 0 Å². The van der Waals surface area contributed by atoms with Gasteiger partial charge in [-0.15, -0.1) is 23.2 Å². The van der Waals surface area contributed by atoms with E-state index in [1.165, 1.54) is 7.11 Å². The van der Waals surface area contributed by atoms with Gasteiger partial charge in [0, 0.05) is 10.3 Å². The molecule has 16 heavy (non-hydrogen) atoms. The van der Waals surface area contributed by atoms with E-state index in [0.29, 0.717) is 18.8 Å². The molecule has 2 bridgehead atoms. The Kier molecular flexibility index (Phi) is 3.17. The average Bonchev–Trinajstić information content (AvgIpc) is 2.12. The van der Waals surface area contributed by atoms with Crippen LogP contribution in [0, 0.1) is 11.3 Å². The zero-order valence-corrected chi connectivity index (χ0v) is 11.3. The summed E-state index contributed by atoms with van der Waals surface area (Å²) >= 11 is 12.7. The highest BCUT2D eigenvalue weighted by atomic mass is 35.5. The number of hydrogen-bond donors (Lipinski definition) is 0. The van der Waals surface area contributed by atoms with Crippen molar-refractivity contribution < 1.29 is 9.53 Å². The molecule has 0 saturated heterocycles. The molecule has 4 unspecified atom stereocenters. The van der Waals surface area contributed by atoms with Crippen LogP contribution in [0.15, 0.2) is 0 Å². The normalized spacial score (nSPS) is 47.5. The van der Waals surface area contributed by atoms with E-state index in [-0.39, 0.29) is 16.2 Å². The number of hydrogen-bond acceptors (Lipinski definition) is 2. The minimum atomic E-state index is -0.432. The van der Waals surface area contributed by atoms with E-state index in [1.807, 2.05) is 6.92 Å². The van der Waals surface area contributed by atoms with E-state index in [4.69, 9.17) is 27.9 Å². The van der Waals surface area contributed by atoms with Crippen molar-refractivity contribution in [3.05, 3.63) is 0 Å². The Morgan fingerprint density at radius 3 is 2.69 bits per heavy atom. The van der Waals surface area contributed by atoms with Gasteiger partial charge in [-0.3, -0.25) is 4.79 Å². The lowest BCUT2D eigenvalue weighted by Crippen LogP contribution is -2.50. The van der Waals surface area contributed by atoms with Crippen LogP contribution in [0.1, 0.15) is 39.0 Å². The van der Waals surface area contributed by atoms with Gasteiger partial charge in [-0.1, -0.05) is 0 Å². The maximum atomic E-state index is 12.0. The summed E-state index contributed by atoms with van der Waals surface area (Å²) in [5.41, 5.74) is -0.432. The van der Waals surface area contributed by atoms with Gasteiger partial charge in [0.2, 0.25) is 0 Å². The Morgan fingerprint density at radius 1 is 1.38 bits per heavy atom. The second kappa shape index (κ2) is 4.06. The Hall–Kier alpha value is 0.0500. The number of rotatable bonds is 1. The number of fused-ring (bicyclic) bond motifs is 2. The van der Waals surface area contributed by atoms with Crippen molar-refractivity contribution in [2.45, 2.75) is 49.3 Å². The van der Waals surface area contributed by atoms with E-state index in [2.05, 4.69) is 0 Å². The van der Waals surface area contributed by atoms with Crippen LogP contribution >= 0.6 is 23.2 Å². The van der Waals surface area contributed by atoms with E-state index >= 15 is 0 Å². The third-order valence-corrected chi connectivity index (χ3v) is 4.54. The van der Waals surface area contributed by atoms with Gasteiger partial charge in [0.15, 0.2) is 0 Å². The first-order chi connectivity index (χ1) is 7.37. The summed E-state index contributed by atoms with van der Waals surface area (Å²) in [5, 5.41) is 0.0885. The van der Waals surface area contributed by atoms with Gasteiger partial charge in [-0.25, -0.2) is 0 Å². The molecule has 0 aromatic heterocycles. The number of methoxy groups -OCH3 is 1. The van der Waals surface area contributed by atoms with Gasteiger partial charge in [0.05, 0.1) is 12.5 Å². The molecule has 2 rings (SSSR count). The molecule has 0 aromatic carbocycles. The molecule has 2 fully saturated rings. The first kappa shape index (κ1) is 12.5. The van der Waals surface area contributed by atoms with Gasteiger partial charge in [0.25, 0.3) is 0 Å². The fraction of sp³-hybridized carbons (Fsp3) is 0.917. The molecule has 0 aliphatic heterocycles. The highest BCUT2D eigenvalue weighted by Gasteiger charge is 2.54. The lowest BCUT2D eigenvalue weighted by molar-refractivity contribution is -0.159. The molecular weight excluding hydrogens is 247 g/mol. The molecule has 0 heterocycles. The summed E-state index contributed by atoms with van der Waals surface area (Å²) in [6.07, 6.45) is 4.22. The molecule has 0 aromatic rings. The van der Waals surface area contributed by atoms with Crippen LogP contribution in [-0.4, -0.2) is 23.3 Å². The highest BCUT2D eigenvalue weighted by molar-refractivity contribution is 6.24. The summed E-state index contributed by atoms with van der Waals surface area (Å²) < 4.78 is 4.95. The van der Waals surface area contributed by atoms with Gasteiger partial charge in [-0.2, -0.15) is 0 Å². The standard InChI is InChI=1S/C12H18Cl2O2/c1-11(14)4-8-3-9(13)6-12(5-8,7-11)10(15)16-2/h8-9H,3-7H2,1-2H3. The molecule has 2 saturated carbocycles. The number of carbonyl (C=O) groups excluding carboxylic acids is 1. The van der Waals surface area contributed by atoms with Crippen LogP contribution in [-0.2, 0) is 9.53 Å². The van der Waals surface area contributed by atoms with Crippen LogP contribution in [0.2, 0.25) is 0 Å². The molecule has 0 spiro atoms. The fourth-order valence-corrected chi connectivity index (χ4v) is 4.74. The van der Waals surface area contributed by atoms with Crippen molar-refractivity contribution in [2.75, 3.05) is 7.11 Å². The number of carbonyl (C=O) groups is 1. The second-order valence-corrected chi connectivity index (χ2v) is 7.20. The van der Waals surface area contributed by atoms with Crippen molar-refractivity contribution in [3.63, 3.8) is 0 Å². The molecule has 4 heteroatoms. The summed E-state index contributed by atoms with van der Waals surface area (Å²) in [4.78, 5) is 11.7. The first-order valence-corrected chi connectivity index (χ1v) is 6.60. The SMILES string of the molecule is COC(=O)C12CC(Cl)CC(CC(C)(Cl)C1)C2. The first-order valence-electron chi connectivity index (χ1n) is 5.78. The van der Waals surface area contributed by atoms with Gasteiger partial charge in [-0.05, 0) is 44.9 Å². The Bertz CT molecular complexity index is 299. The third kappa shape index (κ3) is 2.19. The largest absolute Gasteiger partial charge is 0.469 e. The van der Waals surface area contributed by atoms with Crippen molar-refractivity contribution in [2.24, 2.45) is 11.3 Å². The topological polar surface area (TPSA) is 26.3 Å². The van der Waals surface area contributed by atoms with E-state index in [9.17, 15) is 4.79 Å². The molecule has 2 nitrogen and oxygen atoms in total. The number of ether oxygens (including phenoxy) is 1. The predicted molar refractivity (Wildman–Crippen MR) is 64.9 cm³/mol. The van der Waals surface area contributed by atoms with E-state index in [1.54, 1.807) is 0 Å². The van der Waals surface area contributed by atoms with Gasteiger partial charge < -0.3 is 4.74 Å². The van der Waals surface area contributed by atoms with Gasteiger partial charge >= 0.3 is 5.97 Å². The predicted octanol–water partition coefficient (Wildman–Crippen LogP) is 3.34. The Balaban J connectivity index is 2.28. The molecule has 92 valence electrons. The zero-order chi connectivity index (χ0) is 12.0. The van der Waals surface area contributed by atoms with E-state index in [0.717, 1.165) is 19.3 Å². The van der Waals surface area contributed by atoms with Crippen molar-refractivity contribution in [3.8, 4) is 0 Å². The smallest absolute Gasteiger partial charge is 0.311 e. The van der Waals surface area contributed by atoms with Crippen molar-refractivity contribution >= 4 is 29.2 Å². The monoisotopic (exact) mass is 264 g/mol. The van der Waals surface area contributed by atoms with Crippen LogP contribution in [0.4, 0.5) is 0 Å². The summed E-state index contributed by atoms with van der Waals surface area (Å²) in [6, 6.07) is 0. The van der Waals surface area contributed by atoms with Crippen LogP contribution in [0.5, 0.6) is 0 Å². The van der Waals surface area contributed by atoms with Crippen LogP contribution < -0.4 is 0 Å².